The van der Waals surface area contributed by atoms with Crippen LogP contribution in [0, 0.1) is 20.8 Å². The van der Waals surface area contributed by atoms with Crippen molar-refractivity contribution in [3.63, 3.8) is 0 Å². The van der Waals surface area contributed by atoms with E-state index in [-0.39, 0.29) is 5.91 Å². The minimum absolute atomic E-state index is 0.135. The Morgan fingerprint density at radius 3 is 2.61 bits per heavy atom. The largest absolute Gasteiger partial charge is 0.380 e. The van der Waals surface area contributed by atoms with E-state index in [9.17, 15) is 4.79 Å². The summed E-state index contributed by atoms with van der Waals surface area (Å²) in [5.41, 5.74) is 7.39. The number of nitrogens with zero attached hydrogens (tertiary/aromatic N) is 5. The molecule has 0 saturated carbocycles. The number of nitrogens with one attached hydrogen (secondary N) is 2. The summed E-state index contributed by atoms with van der Waals surface area (Å²) in [4.78, 5) is 25.2. The molecule has 2 aromatic carbocycles. The van der Waals surface area contributed by atoms with Crippen molar-refractivity contribution < 1.29 is 4.79 Å². The van der Waals surface area contributed by atoms with Gasteiger partial charge in [0.25, 0.3) is 5.91 Å². The van der Waals surface area contributed by atoms with E-state index in [1.54, 1.807) is 4.90 Å². The summed E-state index contributed by atoms with van der Waals surface area (Å²) in [7, 11) is 1.82. The van der Waals surface area contributed by atoms with E-state index < -0.39 is 0 Å². The molecule has 8 nitrogen and oxygen atoms in total. The molecule has 8 heteroatoms. The Kier molecular flexibility index (Phi) is 6.45. The predicted octanol–water partition coefficient (Wildman–Crippen LogP) is 4.09. The maximum absolute atomic E-state index is 13.8. The third kappa shape index (κ3) is 4.68. The number of aromatic nitrogens is 4. The Bertz CT molecular complexity index is 1440. The first-order valence-corrected chi connectivity index (χ1v) is 12.5. The van der Waals surface area contributed by atoms with Crippen molar-refractivity contribution in [1.29, 1.82) is 0 Å². The Hall–Kier alpha value is -3.78. The predicted molar refractivity (Wildman–Crippen MR) is 143 cm³/mol. The Balaban J connectivity index is 1.54. The highest BCUT2D eigenvalue weighted by Crippen LogP contribution is 2.27. The molecule has 186 valence electrons. The fraction of sp³-hybridized carbons (Fsp3) is 0.357. The maximum Gasteiger partial charge on any atom is 0.273 e. The molecule has 4 aromatic rings. The number of anilines is 1. The lowest BCUT2D eigenvalue weighted by molar-refractivity contribution is 0.0781. The van der Waals surface area contributed by atoms with Gasteiger partial charge in [-0.2, -0.15) is 5.10 Å². The Labute approximate surface area is 211 Å². The first-order valence-electron chi connectivity index (χ1n) is 12.5. The van der Waals surface area contributed by atoms with E-state index in [4.69, 9.17) is 9.97 Å². The van der Waals surface area contributed by atoms with Gasteiger partial charge in [-0.1, -0.05) is 11.6 Å². The van der Waals surface area contributed by atoms with Crippen LogP contribution in [0.3, 0.4) is 0 Å². The van der Waals surface area contributed by atoms with E-state index >= 15 is 0 Å². The molecule has 0 spiro atoms. The first kappa shape index (κ1) is 23.9. The molecule has 1 saturated heterocycles. The van der Waals surface area contributed by atoms with Gasteiger partial charge >= 0.3 is 0 Å². The number of aryl methyl sites for hydroxylation is 3. The zero-order valence-electron chi connectivity index (χ0n) is 21.6. The highest BCUT2D eigenvalue weighted by atomic mass is 16.2. The summed E-state index contributed by atoms with van der Waals surface area (Å²) >= 11 is 0. The quantitative estimate of drug-likeness (QED) is 0.412. The van der Waals surface area contributed by atoms with Crippen LogP contribution in [0.4, 0.5) is 5.69 Å². The molecule has 0 unspecified atom stereocenters. The summed E-state index contributed by atoms with van der Waals surface area (Å²) < 4.78 is 1.94. The molecule has 1 aliphatic rings. The Morgan fingerprint density at radius 1 is 1.11 bits per heavy atom. The second kappa shape index (κ2) is 9.70. The van der Waals surface area contributed by atoms with Gasteiger partial charge in [-0.3, -0.25) is 9.48 Å². The normalized spacial score (nSPS) is 13.6. The number of carbonyl (C=O) groups excluding carboxylic acids is 1. The van der Waals surface area contributed by atoms with Crippen molar-refractivity contribution in [3.05, 3.63) is 70.7 Å². The number of rotatable bonds is 7. The van der Waals surface area contributed by atoms with Gasteiger partial charge in [-0.15, -0.1) is 0 Å². The fourth-order valence-corrected chi connectivity index (χ4v) is 4.62. The van der Waals surface area contributed by atoms with Crippen molar-refractivity contribution in [2.24, 2.45) is 0 Å². The van der Waals surface area contributed by atoms with E-state index in [1.165, 1.54) is 0 Å². The van der Waals surface area contributed by atoms with Gasteiger partial charge in [0.2, 0.25) is 0 Å². The van der Waals surface area contributed by atoms with Gasteiger partial charge in [-0.05, 0) is 63.6 Å². The average molecular weight is 484 g/mol. The van der Waals surface area contributed by atoms with E-state index in [0.29, 0.717) is 24.1 Å². The van der Waals surface area contributed by atoms with Gasteiger partial charge in [0.15, 0.2) is 5.82 Å². The van der Waals surface area contributed by atoms with E-state index in [2.05, 4.69) is 47.8 Å². The molecule has 1 fully saturated rings. The van der Waals surface area contributed by atoms with Gasteiger partial charge in [-0.25, -0.2) is 9.97 Å². The van der Waals surface area contributed by atoms with Gasteiger partial charge < -0.3 is 15.5 Å². The summed E-state index contributed by atoms with van der Waals surface area (Å²) in [5.74, 6) is 0.418. The molecular weight excluding hydrogens is 450 g/mol. The molecule has 2 N–H and O–H groups in total. The fourth-order valence-electron chi connectivity index (χ4n) is 4.62. The topological polar surface area (TPSA) is 88.0 Å². The van der Waals surface area contributed by atoms with E-state index in [1.807, 2.05) is 50.0 Å². The van der Waals surface area contributed by atoms with Crippen molar-refractivity contribution >= 4 is 22.5 Å². The van der Waals surface area contributed by atoms with Crippen molar-refractivity contribution in [3.8, 4) is 11.4 Å². The molecule has 0 bridgehead atoms. The van der Waals surface area contributed by atoms with Crippen LogP contribution in [-0.4, -0.2) is 56.7 Å². The summed E-state index contributed by atoms with van der Waals surface area (Å²) in [6.07, 6.45) is 1.84. The summed E-state index contributed by atoms with van der Waals surface area (Å²) in [6.45, 7) is 11.4. The van der Waals surface area contributed by atoms with Crippen LogP contribution in [0.5, 0.6) is 0 Å². The average Bonchev–Trinajstić information content (AvgIpc) is 3.18. The van der Waals surface area contributed by atoms with Crippen LogP contribution in [0.2, 0.25) is 0 Å². The molecule has 1 amide bonds. The molecule has 1 aliphatic heterocycles. The van der Waals surface area contributed by atoms with Crippen molar-refractivity contribution in [2.45, 2.75) is 46.8 Å². The third-order valence-corrected chi connectivity index (χ3v) is 6.80. The molecule has 36 heavy (non-hydrogen) atoms. The minimum atomic E-state index is -0.135. The molecule has 0 atom stereocenters. The number of amides is 1. The molecule has 2 aromatic heterocycles. The summed E-state index contributed by atoms with van der Waals surface area (Å²) in [5, 5.41) is 12.0. The van der Waals surface area contributed by atoms with Crippen LogP contribution in [0.15, 0.2) is 42.6 Å². The molecule has 0 aliphatic carbocycles. The second-order valence-electron chi connectivity index (χ2n) is 9.74. The number of fused-ring (bicyclic) bond motifs is 1. The molecular formula is C28H33N7O. The third-order valence-electron chi connectivity index (χ3n) is 6.80. The minimum Gasteiger partial charge on any atom is -0.380 e. The smallest absolute Gasteiger partial charge is 0.273 e. The second-order valence-corrected chi connectivity index (χ2v) is 9.74. The number of hydrogen-bond donors (Lipinski definition) is 2. The van der Waals surface area contributed by atoms with Crippen LogP contribution < -0.4 is 10.6 Å². The zero-order valence-corrected chi connectivity index (χ0v) is 21.6. The number of benzene rings is 2. The van der Waals surface area contributed by atoms with Crippen LogP contribution >= 0.6 is 0 Å². The SMILES string of the molecule is CCn1ncc(CN(C)C(=O)c2nc(-c3cc(C)cc(NC4CNC4)c3)nc3ccc(C)cc23)c1C. The standard InChI is InChI=1S/C28H33N7O/c1-6-35-19(4)21(13-30-35)16-34(5)28(36)26-24-11-17(2)7-8-25(24)32-27(33-26)20-9-18(3)10-22(12-20)31-23-14-29-15-23/h7-13,23,29,31H,6,14-16H2,1-5H3. The molecule has 0 radical (unpaired) electrons. The van der Waals surface area contributed by atoms with Crippen LogP contribution in [0.25, 0.3) is 22.3 Å². The number of hydrogen-bond acceptors (Lipinski definition) is 6. The van der Waals surface area contributed by atoms with Crippen molar-refractivity contribution in [2.75, 3.05) is 25.5 Å². The Morgan fingerprint density at radius 2 is 1.92 bits per heavy atom. The molecule has 3 heterocycles. The highest BCUT2D eigenvalue weighted by molar-refractivity contribution is 6.05. The monoisotopic (exact) mass is 483 g/mol. The maximum atomic E-state index is 13.8. The lowest BCUT2D eigenvalue weighted by Crippen LogP contribution is -2.51. The van der Waals surface area contributed by atoms with Gasteiger partial charge in [0.05, 0.1) is 17.8 Å². The number of carbonyl (C=O) groups is 1. The van der Waals surface area contributed by atoms with E-state index in [0.717, 1.165) is 64.2 Å². The first-order chi connectivity index (χ1) is 17.3. The highest BCUT2D eigenvalue weighted by Gasteiger charge is 2.22. The lowest BCUT2D eigenvalue weighted by atomic mass is 10.1. The van der Waals surface area contributed by atoms with Gasteiger partial charge in [0.1, 0.15) is 5.69 Å². The van der Waals surface area contributed by atoms with Crippen molar-refractivity contribution in [1.82, 2.24) is 30.0 Å². The zero-order chi connectivity index (χ0) is 25.4. The van der Waals surface area contributed by atoms with Crippen LogP contribution in [0.1, 0.15) is 39.8 Å². The van der Waals surface area contributed by atoms with Gasteiger partial charge in [0, 0.05) is 61.1 Å². The molecule has 5 rings (SSSR count). The van der Waals surface area contributed by atoms with Crippen LogP contribution in [-0.2, 0) is 13.1 Å². The summed E-state index contributed by atoms with van der Waals surface area (Å²) in [6, 6.07) is 12.7. The lowest BCUT2D eigenvalue weighted by Gasteiger charge is -2.29.